The van der Waals surface area contributed by atoms with Crippen LogP contribution in [-0.4, -0.2) is 72.5 Å². The molecule has 1 aromatic heterocycles. The Hall–Kier alpha value is -3.37. The van der Waals surface area contributed by atoms with E-state index in [0.29, 0.717) is 19.3 Å². The number of aliphatic hydroxyl groups is 4. The molecule has 0 bridgehead atoms. The Bertz CT molecular complexity index is 1510. The van der Waals surface area contributed by atoms with Crippen molar-refractivity contribution in [2.24, 2.45) is 16.7 Å². The second-order valence-electron chi connectivity index (χ2n) is 13.9. The molecular weight excluding hydrogens is 574 g/mol. The Kier molecular flexibility index (Phi) is 7.84. The largest absolute Gasteiger partial charge is 0.458 e. The molecule has 1 aromatic carbocycles. The number of rotatable bonds is 6. The normalized spacial score (nSPS) is 39.6. The van der Waals surface area contributed by atoms with Gasteiger partial charge in [-0.25, -0.2) is 9.59 Å². The van der Waals surface area contributed by atoms with E-state index in [0.717, 1.165) is 11.1 Å². The Balaban J connectivity index is 1.39. The van der Waals surface area contributed by atoms with Crippen LogP contribution in [0.3, 0.4) is 0 Å². The minimum Gasteiger partial charge on any atom is -0.458 e. The molecule has 4 aliphatic carbocycles. The van der Waals surface area contributed by atoms with Crippen LogP contribution in [0.25, 0.3) is 6.08 Å². The average molecular weight is 618 g/mol. The molecule has 0 spiro atoms. The van der Waals surface area contributed by atoms with Gasteiger partial charge >= 0.3 is 11.9 Å². The highest BCUT2D eigenvalue weighted by Gasteiger charge is 2.81. The Morgan fingerprint density at radius 3 is 2.51 bits per heavy atom. The summed E-state index contributed by atoms with van der Waals surface area (Å²) in [5, 5.41) is 48.6. The predicted octanol–water partition coefficient (Wildman–Crippen LogP) is 4.15. The quantitative estimate of drug-likeness (QED) is 0.213. The van der Waals surface area contributed by atoms with Crippen molar-refractivity contribution in [1.29, 1.82) is 0 Å². The molecule has 6 rings (SSSR count). The number of aromatic nitrogens is 1. The molecule has 3 saturated carbocycles. The summed E-state index contributed by atoms with van der Waals surface area (Å²) >= 11 is 0. The smallest absolute Gasteiger partial charge is 0.339 e. The molecule has 9 nitrogen and oxygen atoms in total. The number of pyridine rings is 1. The molecule has 0 saturated heterocycles. The number of esters is 2. The highest BCUT2D eigenvalue weighted by Crippen LogP contribution is 2.71. The van der Waals surface area contributed by atoms with Crippen LogP contribution in [0, 0.1) is 16.7 Å². The number of ether oxygens (including phenoxy) is 2. The van der Waals surface area contributed by atoms with Gasteiger partial charge in [-0.2, -0.15) is 0 Å². The summed E-state index contributed by atoms with van der Waals surface area (Å²) in [5.74, 6) is -1.87. The van der Waals surface area contributed by atoms with Crippen molar-refractivity contribution in [1.82, 2.24) is 4.98 Å². The van der Waals surface area contributed by atoms with E-state index >= 15 is 0 Å². The van der Waals surface area contributed by atoms with Crippen LogP contribution in [-0.2, 0) is 14.3 Å². The predicted molar refractivity (Wildman–Crippen MR) is 165 cm³/mol. The van der Waals surface area contributed by atoms with E-state index < -0.39 is 63.8 Å². The first-order chi connectivity index (χ1) is 21.3. The van der Waals surface area contributed by atoms with Crippen LogP contribution >= 0.6 is 0 Å². The zero-order valence-corrected chi connectivity index (χ0v) is 26.1. The first kappa shape index (κ1) is 31.6. The summed E-state index contributed by atoms with van der Waals surface area (Å²) in [6.07, 6.45) is 7.01. The maximum absolute atomic E-state index is 13.5. The van der Waals surface area contributed by atoms with E-state index in [2.05, 4.69) is 11.9 Å². The summed E-state index contributed by atoms with van der Waals surface area (Å²) in [6, 6.07) is 12.5. The van der Waals surface area contributed by atoms with Gasteiger partial charge in [-0.3, -0.25) is 4.98 Å². The molecule has 45 heavy (non-hydrogen) atoms. The topological polar surface area (TPSA) is 146 Å². The molecular formula is C36H43NO8. The molecule has 9 atom stereocenters. The first-order valence-corrected chi connectivity index (χ1v) is 15.9. The van der Waals surface area contributed by atoms with E-state index in [-0.39, 0.29) is 31.2 Å². The van der Waals surface area contributed by atoms with Gasteiger partial charge in [-0.1, -0.05) is 55.8 Å². The van der Waals surface area contributed by atoms with Crippen LogP contribution < -0.4 is 0 Å². The van der Waals surface area contributed by atoms with Gasteiger partial charge in [0.1, 0.15) is 29.0 Å². The van der Waals surface area contributed by atoms with Gasteiger partial charge in [-0.05, 0) is 81.1 Å². The third kappa shape index (κ3) is 4.70. The molecule has 3 fully saturated rings. The average Bonchev–Trinajstić information content (AvgIpc) is 3.26. The summed E-state index contributed by atoms with van der Waals surface area (Å²) in [5.41, 5.74) is -5.62. The molecule has 4 N–H and O–H groups in total. The zero-order valence-electron chi connectivity index (χ0n) is 26.1. The second kappa shape index (κ2) is 11.2. The lowest BCUT2D eigenvalue weighted by Crippen LogP contribution is -2.78. The van der Waals surface area contributed by atoms with Crippen LogP contribution in [0.15, 0.2) is 72.6 Å². The van der Waals surface area contributed by atoms with Gasteiger partial charge in [0.25, 0.3) is 0 Å². The lowest BCUT2D eigenvalue weighted by molar-refractivity contribution is -0.324. The standard InChI is InChI=1S/C36H43NO8/c1-23(44-30(39)12-11-24-8-5-4-6-9-24)34(41)17-18-36(43)33(34,3)29(45-31(40)25-10-7-19-37-22-25)21-28-32(2)15-14-27(38)20-26(32)13-16-35(28,36)42/h4-13,19,22-23,27-29,38,41-43H,14-18,20-21H2,1-3H3/b12-11+/t23?,27-,28+,29?,32-,33+,34-,35-,36+/m0/s1. The van der Waals surface area contributed by atoms with Gasteiger partial charge < -0.3 is 29.9 Å². The minimum absolute atomic E-state index is 0.00117. The lowest BCUT2D eigenvalue weighted by atomic mass is 9.42. The summed E-state index contributed by atoms with van der Waals surface area (Å²) in [4.78, 5) is 30.6. The fraction of sp³-hybridized carbons (Fsp3) is 0.528. The fourth-order valence-electron chi connectivity index (χ4n) is 9.21. The van der Waals surface area contributed by atoms with Crippen LogP contribution in [0.2, 0.25) is 0 Å². The van der Waals surface area contributed by atoms with Crippen molar-refractivity contribution in [2.45, 2.75) is 101 Å². The molecule has 1 heterocycles. The first-order valence-electron chi connectivity index (χ1n) is 15.9. The number of fused-ring (bicyclic) bond motifs is 5. The van der Waals surface area contributed by atoms with E-state index in [1.807, 2.05) is 36.4 Å². The third-order valence-electron chi connectivity index (χ3n) is 12.0. The van der Waals surface area contributed by atoms with E-state index in [1.54, 1.807) is 38.3 Å². The third-order valence-corrected chi connectivity index (χ3v) is 12.0. The Labute approximate surface area is 263 Å². The van der Waals surface area contributed by atoms with Crippen molar-refractivity contribution < 1.29 is 39.5 Å². The molecule has 2 aromatic rings. The molecule has 4 aliphatic rings. The number of carbonyl (C=O) groups is 2. The Morgan fingerprint density at radius 2 is 1.80 bits per heavy atom. The SMILES string of the molecule is CC(OC(=O)/C=C/c1ccccc1)[C@@]1(O)CC[C@@]2(O)[C@]1(C)C(OC(=O)c1cccnc1)C[C@@H]1[C@@]3(C)CC[C@H](O)CC3=CC[C@]12O. The fourth-order valence-corrected chi connectivity index (χ4v) is 9.21. The highest BCUT2D eigenvalue weighted by atomic mass is 16.6. The zero-order chi connectivity index (χ0) is 32.3. The van der Waals surface area contributed by atoms with Gasteiger partial charge in [0, 0.05) is 24.4 Å². The van der Waals surface area contributed by atoms with E-state index in [9.17, 15) is 30.0 Å². The van der Waals surface area contributed by atoms with Crippen molar-refractivity contribution in [2.75, 3.05) is 0 Å². The van der Waals surface area contributed by atoms with E-state index in [4.69, 9.17) is 9.47 Å². The number of hydrogen-bond donors (Lipinski definition) is 4. The van der Waals surface area contributed by atoms with Gasteiger partial charge in [0.15, 0.2) is 0 Å². The molecule has 0 radical (unpaired) electrons. The van der Waals surface area contributed by atoms with Gasteiger partial charge in [0.2, 0.25) is 0 Å². The molecule has 9 heteroatoms. The monoisotopic (exact) mass is 617 g/mol. The lowest BCUT2D eigenvalue weighted by Gasteiger charge is -2.67. The van der Waals surface area contributed by atoms with Crippen molar-refractivity contribution >= 4 is 18.0 Å². The van der Waals surface area contributed by atoms with Crippen molar-refractivity contribution in [3.05, 3.63) is 83.7 Å². The summed E-state index contributed by atoms with van der Waals surface area (Å²) in [7, 11) is 0. The van der Waals surface area contributed by atoms with Crippen molar-refractivity contribution in [3.8, 4) is 0 Å². The maximum Gasteiger partial charge on any atom is 0.339 e. The van der Waals surface area contributed by atoms with Crippen molar-refractivity contribution in [3.63, 3.8) is 0 Å². The maximum atomic E-state index is 13.5. The number of benzene rings is 1. The number of nitrogens with zero attached hydrogens (tertiary/aromatic N) is 1. The van der Waals surface area contributed by atoms with Gasteiger partial charge in [0.05, 0.1) is 17.1 Å². The molecule has 240 valence electrons. The number of aliphatic hydroxyl groups excluding tert-OH is 1. The summed E-state index contributed by atoms with van der Waals surface area (Å²) in [6.45, 7) is 5.27. The highest BCUT2D eigenvalue weighted by molar-refractivity contribution is 5.89. The summed E-state index contributed by atoms with van der Waals surface area (Å²) < 4.78 is 12.0. The van der Waals surface area contributed by atoms with Crippen LogP contribution in [0.4, 0.5) is 0 Å². The Morgan fingerprint density at radius 1 is 1.04 bits per heavy atom. The molecule has 2 unspecified atom stereocenters. The van der Waals surface area contributed by atoms with Crippen LogP contribution in [0.1, 0.15) is 81.6 Å². The number of hydrogen-bond acceptors (Lipinski definition) is 9. The second-order valence-corrected chi connectivity index (χ2v) is 13.9. The van der Waals surface area contributed by atoms with E-state index in [1.165, 1.54) is 12.3 Å². The minimum atomic E-state index is -1.92. The van der Waals surface area contributed by atoms with Gasteiger partial charge in [-0.15, -0.1) is 0 Å². The molecule has 0 amide bonds. The number of carbonyl (C=O) groups excluding carboxylic acids is 2. The van der Waals surface area contributed by atoms with Crippen LogP contribution in [0.5, 0.6) is 0 Å². The molecule has 0 aliphatic heterocycles.